The summed E-state index contributed by atoms with van der Waals surface area (Å²) in [5, 5.41) is 8.97. The van der Waals surface area contributed by atoms with Crippen molar-refractivity contribution in [2.75, 3.05) is 20.1 Å². The highest BCUT2D eigenvalue weighted by Gasteiger charge is 2.25. The average molecular weight is 384 g/mol. The highest BCUT2D eigenvalue weighted by Crippen LogP contribution is 2.28. The van der Waals surface area contributed by atoms with Crippen LogP contribution in [-0.2, 0) is 4.79 Å². The SMILES string of the molecule is CCC(C)/C(=C\C(=NC)C(=O)N1CCC[C@@H](CC)C1)c1ccc(C#N)c(F)c1. The van der Waals surface area contributed by atoms with E-state index in [-0.39, 0.29) is 17.4 Å². The number of hydrogen-bond acceptors (Lipinski definition) is 3. The van der Waals surface area contributed by atoms with E-state index in [1.165, 1.54) is 12.1 Å². The van der Waals surface area contributed by atoms with Gasteiger partial charge in [-0.3, -0.25) is 9.79 Å². The first-order chi connectivity index (χ1) is 13.4. The van der Waals surface area contributed by atoms with Crippen molar-refractivity contribution in [2.24, 2.45) is 16.8 Å². The molecule has 2 rings (SSSR count). The quantitative estimate of drug-likeness (QED) is 0.660. The zero-order valence-corrected chi connectivity index (χ0v) is 17.3. The Balaban J connectivity index is 2.37. The molecule has 1 aromatic carbocycles. The molecule has 1 aromatic rings. The first-order valence-corrected chi connectivity index (χ1v) is 10.1. The maximum atomic E-state index is 14.2. The maximum Gasteiger partial charge on any atom is 0.271 e. The Morgan fingerprint density at radius 3 is 2.79 bits per heavy atom. The molecule has 5 heteroatoms. The summed E-state index contributed by atoms with van der Waals surface area (Å²) in [5.41, 5.74) is 1.97. The minimum absolute atomic E-state index is 0.0200. The van der Waals surface area contributed by atoms with Crippen LogP contribution in [0.25, 0.3) is 5.57 Å². The molecule has 1 amide bonds. The van der Waals surface area contributed by atoms with E-state index in [1.54, 1.807) is 19.2 Å². The van der Waals surface area contributed by atoms with E-state index in [2.05, 4.69) is 18.8 Å². The van der Waals surface area contributed by atoms with Crippen molar-refractivity contribution in [3.8, 4) is 6.07 Å². The van der Waals surface area contributed by atoms with Crippen molar-refractivity contribution >= 4 is 17.2 Å². The largest absolute Gasteiger partial charge is 0.337 e. The Hall–Kier alpha value is -2.48. The smallest absolute Gasteiger partial charge is 0.271 e. The van der Waals surface area contributed by atoms with Crippen molar-refractivity contribution in [3.05, 3.63) is 41.2 Å². The van der Waals surface area contributed by atoms with E-state index in [0.29, 0.717) is 17.2 Å². The number of nitrogens with zero attached hydrogens (tertiary/aromatic N) is 3. The molecule has 1 fully saturated rings. The summed E-state index contributed by atoms with van der Waals surface area (Å²) in [6, 6.07) is 6.46. The van der Waals surface area contributed by atoms with Gasteiger partial charge in [-0.25, -0.2) is 4.39 Å². The Morgan fingerprint density at radius 2 is 2.21 bits per heavy atom. The number of piperidine rings is 1. The van der Waals surface area contributed by atoms with Crippen LogP contribution in [0.1, 0.15) is 57.6 Å². The molecule has 0 radical (unpaired) electrons. The van der Waals surface area contributed by atoms with Gasteiger partial charge in [0.1, 0.15) is 17.6 Å². The molecule has 0 aliphatic carbocycles. The minimum atomic E-state index is -0.544. The van der Waals surface area contributed by atoms with Crippen LogP contribution in [0.15, 0.2) is 29.3 Å². The van der Waals surface area contributed by atoms with Crippen molar-refractivity contribution in [2.45, 2.75) is 46.5 Å². The Bertz CT molecular complexity index is 807. The molecule has 2 atom stereocenters. The fourth-order valence-corrected chi connectivity index (χ4v) is 3.63. The molecule has 0 spiro atoms. The van der Waals surface area contributed by atoms with Gasteiger partial charge in [-0.05, 0) is 60.4 Å². The lowest BCUT2D eigenvalue weighted by molar-refractivity contribution is -0.125. The molecule has 1 heterocycles. The zero-order valence-electron chi connectivity index (χ0n) is 17.3. The molecule has 0 aromatic heterocycles. The van der Waals surface area contributed by atoms with Gasteiger partial charge in [-0.1, -0.05) is 33.3 Å². The number of rotatable bonds is 6. The first-order valence-electron chi connectivity index (χ1n) is 10.1. The number of amides is 1. The summed E-state index contributed by atoms with van der Waals surface area (Å²) in [6.07, 6.45) is 5.90. The van der Waals surface area contributed by atoms with Gasteiger partial charge in [0.25, 0.3) is 5.91 Å². The number of allylic oxidation sites excluding steroid dienone is 1. The van der Waals surface area contributed by atoms with Crippen molar-refractivity contribution in [1.82, 2.24) is 4.90 Å². The molecule has 4 nitrogen and oxygen atoms in total. The zero-order chi connectivity index (χ0) is 20.7. The van der Waals surface area contributed by atoms with Crippen LogP contribution in [0.2, 0.25) is 0 Å². The number of likely N-dealkylation sites (tertiary alicyclic amines) is 1. The second kappa shape index (κ2) is 10.2. The molecule has 0 bridgehead atoms. The Kier molecular flexibility index (Phi) is 7.92. The number of carbonyl (C=O) groups excluding carboxylic acids is 1. The van der Waals surface area contributed by atoms with Crippen LogP contribution < -0.4 is 0 Å². The maximum absolute atomic E-state index is 14.2. The minimum Gasteiger partial charge on any atom is -0.337 e. The van der Waals surface area contributed by atoms with Gasteiger partial charge < -0.3 is 4.90 Å². The molecular formula is C23H30FN3O. The topological polar surface area (TPSA) is 56.5 Å². The van der Waals surface area contributed by atoms with Gasteiger partial charge in [-0.15, -0.1) is 0 Å². The lowest BCUT2D eigenvalue weighted by Crippen LogP contribution is -2.43. The Labute approximate surface area is 167 Å². The summed E-state index contributed by atoms with van der Waals surface area (Å²) >= 11 is 0. The fourth-order valence-electron chi connectivity index (χ4n) is 3.63. The molecular weight excluding hydrogens is 353 g/mol. The van der Waals surface area contributed by atoms with Crippen LogP contribution in [0, 0.1) is 29.0 Å². The van der Waals surface area contributed by atoms with E-state index in [0.717, 1.165) is 44.3 Å². The molecule has 1 aliphatic rings. The van der Waals surface area contributed by atoms with E-state index < -0.39 is 5.82 Å². The van der Waals surface area contributed by atoms with Gasteiger partial charge >= 0.3 is 0 Å². The molecule has 0 saturated carbocycles. The van der Waals surface area contributed by atoms with Gasteiger partial charge in [0.2, 0.25) is 0 Å². The third-order valence-electron chi connectivity index (χ3n) is 5.70. The van der Waals surface area contributed by atoms with Gasteiger partial charge in [0.05, 0.1) is 5.56 Å². The normalized spacial score (nSPS) is 19.3. The third-order valence-corrected chi connectivity index (χ3v) is 5.70. The number of halogens is 1. The van der Waals surface area contributed by atoms with Crippen LogP contribution in [0.3, 0.4) is 0 Å². The monoisotopic (exact) mass is 383 g/mol. The summed E-state index contributed by atoms with van der Waals surface area (Å²) in [7, 11) is 1.62. The number of hydrogen-bond donors (Lipinski definition) is 0. The van der Waals surface area contributed by atoms with Crippen LogP contribution in [0.5, 0.6) is 0 Å². The summed E-state index contributed by atoms with van der Waals surface area (Å²) in [4.78, 5) is 19.2. The number of aliphatic imine (C=N–C) groups is 1. The predicted molar refractivity (Wildman–Crippen MR) is 112 cm³/mol. The fraction of sp³-hybridized carbons (Fsp3) is 0.522. The number of carbonyl (C=O) groups is 1. The molecule has 28 heavy (non-hydrogen) atoms. The van der Waals surface area contributed by atoms with Gasteiger partial charge in [0, 0.05) is 20.1 Å². The van der Waals surface area contributed by atoms with Crippen molar-refractivity contribution in [3.63, 3.8) is 0 Å². The molecule has 1 aliphatic heterocycles. The second-order valence-corrected chi connectivity index (χ2v) is 7.49. The molecule has 1 unspecified atom stereocenters. The van der Waals surface area contributed by atoms with Crippen molar-refractivity contribution in [1.29, 1.82) is 5.26 Å². The highest BCUT2D eigenvalue weighted by molar-refractivity contribution is 6.44. The summed E-state index contributed by atoms with van der Waals surface area (Å²) in [5.74, 6) is 0.0657. The van der Waals surface area contributed by atoms with Gasteiger partial charge in [-0.2, -0.15) is 5.26 Å². The highest BCUT2D eigenvalue weighted by atomic mass is 19.1. The lowest BCUT2D eigenvalue weighted by Gasteiger charge is -2.32. The van der Waals surface area contributed by atoms with Crippen LogP contribution >= 0.6 is 0 Å². The average Bonchev–Trinajstić information content (AvgIpc) is 2.73. The van der Waals surface area contributed by atoms with Crippen LogP contribution in [0.4, 0.5) is 4.39 Å². The molecule has 150 valence electrons. The Morgan fingerprint density at radius 1 is 1.46 bits per heavy atom. The van der Waals surface area contributed by atoms with Gasteiger partial charge in [0.15, 0.2) is 0 Å². The van der Waals surface area contributed by atoms with E-state index in [4.69, 9.17) is 5.26 Å². The third kappa shape index (κ3) is 5.07. The second-order valence-electron chi connectivity index (χ2n) is 7.49. The van der Waals surface area contributed by atoms with E-state index >= 15 is 0 Å². The van der Waals surface area contributed by atoms with E-state index in [9.17, 15) is 9.18 Å². The lowest BCUT2D eigenvalue weighted by atomic mass is 9.89. The predicted octanol–water partition coefficient (Wildman–Crippen LogP) is 4.85. The van der Waals surface area contributed by atoms with Crippen molar-refractivity contribution < 1.29 is 9.18 Å². The summed E-state index contributed by atoms with van der Waals surface area (Å²) in [6.45, 7) is 7.79. The number of benzene rings is 1. The molecule has 1 saturated heterocycles. The summed E-state index contributed by atoms with van der Waals surface area (Å²) < 4.78 is 14.2. The van der Waals surface area contributed by atoms with E-state index in [1.807, 2.05) is 17.9 Å². The standard InChI is InChI=1S/C23H30FN3O/c1-5-16(3)20(18-9-10-19(14-25)21(24)12-18)13-22(26-4)23(28)27-11-7-8-17(6-2)15-27/h9-10,12-13,16-17H,5-8,11,15H2,1-4H3/b20-13+,26-22?/t16?,17-/m1/s1. The molecule has 0 N–H and O–H groups in total. The first kappa shape index (κ1) is 21.8. The number of nitriles is 1. The van der Waals surface area contributed by atoms with Crippen LogP contribution in [-0.4, -0.2) is 36.7 Å².